The number of benzene rings is 2. The Morgan fingerprint density at radius 3 is 1.52 bits per heavy atom. The van der Waals surface area contributed by atoms with Gasteiger partial charge in [0, 0.05) is 25.0 Å². The van der Waals surface area contributed by atoms with Crippen LogP contribution in [0.4, 0.5) is 0 Å². The molecule has 0 spiro atoms. The first-order valence-corrected chi connectivity index (χ1v) is 10.5. The normalized spacial score (nSPS) is 15.9. The predicted octanol–water partition coefficient (Wildman–Crippen LogP) is 4.77. The highest BCUT2D eigenvalue weighted by Gasteiger charge is 2.21. The number of carbonyl (C=O) groups is 3. The Kier molecular flexibility index (Phi) is 7.66. The van der Waals surface area contributed by atoms with Crippen molar-refractivity contribution >= 4 is 29.9 Å². The fourth-order valence-electron chi connectivity index (χ4n) is 3.61. The Hall–Kier alpha value is -3.87. The standard InChI is InChI=1S/C26H26O7/c1-16(27)32-22-10-8-18(14-24(22)30-3)12-20-6-5-7-21(26(20)29)13-19-9-11-23(33-17(2)28)25(15-19)31-4/h8-15H,5-7H2,1-4H3/b20-12+,21-13+. The SMILES string of the molecule is COc1cc(/C=C2\CCC/C(=C\c3ccc(OC(C)=O)c(OC)c3)C2=O)ccc1OC(C)=O. The van der Waals surface area contributed by atoms with E-state index in [-0.39, 0.29) is 5.78 Å². The van der Waals surface area contributed by atoms with Crippen molar-refractivity contribution in [3.8, 4) is 23.0 Å². The van der Waals surface area contributed by atoms with E-state index in [1.54, 1.807) is 36.4 Å². The first-order valence-electron chi connectivity index (χ1n) is 10.5. The first-order chi connectivity index (χ1) is 15.8. The second kappa shape index (κ2) is 10.6. The minimum absolute atomic E-state index is 0.0210. The highest BCUT2D eigenvalue weighted by atomic mass is 16.6. The van der Waals surface area contributed by atoms with Gasteiger partial charge < -0.3 is 18.9 Å². The number of allylic oxidation sites excluding steroid dienone is 2. The third-order valence-electron chi connectivity index (χ3n) is 5.04. The van der Waals surface area contributed by atoms with Gasteiger partial charge in [0.2, 0.25) is 0 Å². The van der Waals surface area contributed by atoms with E-state index in [1.165, 1.54) is 28.1 Å². The number of rotatable bonds is 6. The summed E-state index contributed by atoms with van der Waals surface area (Å²) in [6, 6.07) is 10.3. The molecule has 2 aromatic carbocycles. The van der Waals surface area contributed by atoms with Gasteiger partial charge in [-0.1, -0.05) is 12.1 Å². The summed E-state index contributed by atoms with van der Waals surface area (Å²) in [5.74, 6) is 0.593. The molecule has 0 heterocycles. The molecular formula is C26H26O7. The molecule has 0 amide bonds. The van der Waals surface area contributed by atoms with Crippen LogP contribution < -0.4 is 18.9 Å². The molecule has 0 saturated heterocycles. The maximum Gasteiger partial charge on any atom is 0.308 e. The molecule has 1 aliphatic carbocycles. The van der Waals surface area contributed by atoms with Crippen LogP contribution in [0.15, 0.2) is 47.5 Å². The lowest BCUT2D eigenvalue weighted by Crippen LogP contribution is -2.12. The van der Waals surface area contributed by atoms with E-state index in [0.29, 0.717) is 47.0 Å². The Morgan fingerprint density at radius 1 is 0.727 bits per heavy atom. The van der Waals surface area contributed by atoms with E-state index in [1.807, 2.05) is 12.2 Å². The van der Waals surface area contributed by atoms with Gasteiger partial charge in [-0.25, -0.2) is 0 Å². The van der Waals surface area contributed by atoms with Crippen LogP contribution in [0, 0.1) is 0 Å². The lowest BCUT2D eigenvalue weighted by molar-refractivity contribution is -0.132. The number of hydrogen-bond acceptors (Lipinski definition) is 7. The molecule has 0 radical (unpaired) electrons. The molecule has 2 aromatic rings. The summed E-state index contributed by atoms with van der Waals surface area (Å²) in [6.45, 7) is 2.65. The number of esters is 2. The summed E-state index contributed by atoms with van der Waals surface area (Å²) >= 11 is 0. The fraction of sp³-hybridized carbons (Fsp3) is 0.269. The van der Waals surface area contributed by atoms with Crippen molar-refractivity contribution in [2.45, 2.75) is 33.1 Å². The topological polar surface area (TPSA) is 88.1 Å². The maximum absolute atomic E-state index is 13.1. The number of hydrogen-bond donors (Lipinski definition) is 0. The van der Waals surface area contributed by atoms with Gasteiger partial charge in [-0.15, -0.1) is 0 Å². The molecule has 7 nitrogen and oxygen atoms in total. The van der Waals surface area contributed by atoms with Gasteiger partial charge in [0.25, 0.3) is 0 Å². The lowest BCUT2D eigenvalue weighted by atomic mass is 9.87. The number of carbonyl (C=O) groups excluding carboxylic acids is 3. The first kappa shape index (κ1) is 23.8. The summed E-state index contributed by atoms with van der Waals surface area (Å²) < 4.78 is 20.9. The monoisotopic (exact) mass is 450 g/mol. The van der Waals surface area contributed by atoms with Crippen molar-refractivity contribution in [2.75, 3.05) is 14.2 Å². The fourth-order valence-corrected chi connectivity index (χ4v) is 3.61. The largest absolute Gasteiger partial charge is 0.493 e. The van der Waals surface area contributed by atoms with Crippen LogP contribution in [0.2, 0.25) is 0 Å². The molecule has 1 fully saturated rings. The van der Waals surface area contributed by atoms with Crippen molar-refractivity contribution < 1.29 is 33.3 Å². The van der Waals surface area contributed by atoms with Crippen LogP contribution >= 0.6 is 0 Å². The molecule has 0 aliphatic heterocycles. The minimum Gasteiger partial charge on any atom is -0.493 e. The number of methoxy groups -OCH3 is 2. The van der Waals surface area contributed by atoms with Crippen LogP contribution in [0.3, 0.4) is 0 Å². The van der Waals surface area contributed by atoms with Gasteiger partial charge in [-0.2, -0.15) is 0 Å². The maximum atomic E-state index is 13.1. The molecule has 7 heteroatoms. The Morgan fingerprint density at radius 2 is 1.15 bits per heavy atom. The Labute approximate surface area is 192 Å². The summed E-state index contributed by atoms with van der Waals surface area (Å²) in [6.07, 6.45) is 5.84. The summed E-state index contributed by atoms with van der Waals surface area (Å²) in [7, 11) is 2.99. The van der Waals surface area contributed by atoms with Crippen LogP contribution in [0.1, 0.15) is 44.2 Å². The molecule has 1 saturated carbocycles. The molecule has 0 N–H and O–H groups in total. The van der Waals surface area contributed by atoms with Gasteiger partial charge in [0.05, 0.1) is 14.2 Å². The van der Waals surface area contributed by atoms with E-state index < -0.39 is 11.9 Å². The number of ketones is 1. The van der Waals surface area contributed by atoms with Crippen molar-refractivity contribution in [3.63, 3.8) is 0 Å². The van der Waals surface area contributed by atoms with Gasteiger partial charge in [-0.3, -0.25) is 14.4 Å². The van der Waals surface area contributed by atoms with E-state index in [2.05, 4.69) is 0 Å². The molecule has 33 heavy (non-hydrogen) atoms. The van der Waals surface area contributed by atoms with E-state index >= 15 is 0 Å². The highest BCUT2D eigenvalue weighted by molar-refractivity contribution is 6.14. The third-order valence-corrected chi connectivity index (χ3v) is 5.04. The zero-order chi connectivity index (χ0) is 24.0. The van der Waals surface area contributed by atoms with Gasteiger partial charge in [0.15, 0.2) is 28.8 Å². The van der Waals surface area contributed by atoms with Crippen LogP contribution in [0.25, 0.3) is 12.2 Å². The molecule has 172 valence electrons. The van der Waals surface area contributed by atoms with Crippen LogP contribution in [-0.4, -0.2) is 31.9 Å². The van der Waals surface area contributed by atoms with Crippen molar-refractivity contribution in [3.05, 3.63) is 58.7 Å². The summed E-state index contributed by atoms with van der Waals surface area (Å²) in [4.78, 5) is 35.6. The predicted molar refractivity (Wildman–Crippen MR) is 123 cm³/mol. The number of ether oxygens (including phenoxy) is 4. The number of Topliss-reactive ketones (excluding diaryl/α,β-unsaturated/α-hetero) is 1. The lowest BCUT2D eigenvalue weighted by Gasteiger charge is -2.17. The average Bonchev–Trinajstić information content (AvgIpc) is 2.77. The minimum atomic E-state index is -0.436. The molecule has 0 aromatic heterocycles. The van der Waals surface area contributed by atoms with Crippen LogP contribution in [-0.2, 0) is 14.4 Å². The second-order valence-corrected chi connectivity index (χ2v) is 7.53. The van der Waals surface area contributed by atoms with E-state index in [4.69, 9.17) is 18.9 Å². The molecular weight excluding hydrogens is 424 g/mol. The molecule has 0 bridgehead atoms. The van der Waals surface area contributed by atoms with Crippen molar-refractivity contribution in [1.29, 1.82) is 0 Å². The molecule has 0 unspecified atom stereocenters. The zero-order valence-electron chi connectivity index (χ0n) is 19.1. The molecule has 0 atom stereocenters. The summed E-state index contributed by atoms with van der Waals surface area (Å²) in [5.41, 5.74) is 2.94. The third kappa shape index (κ3) is 6.10. The van der Waals surface area contributed by atoms with Crippen LogP contribution in [0.5, 0.6) is 23.0 Å². The molecule has 3 rings (SSSR count). The van der Waals surface area contributed by atoms with E-state index in [9.17, 15) is 14.4 Å². The second-order valence-electron chi connectivity index (χ2n) is 7.53. The zero-order valence-corrected chi connectivity index (χ0v) is 19.1. The van der Waals surface area contributed by atoms with Gasteiger partial charge >= 0.3 is 11.9 Å². The quantitative estimate of drug-likeness (QED) is 0.356. The smallest absolute Gasteiger partial charge is 0.308 e. The van der Waals surface area contributed by atoms with E-state index in [0.717, 1.165) is 17.5 Å². The Bertz CT molecular complexity index is 1050. The van der Waals surface area contributed by atoms with Crippen molar-refractivity contribution in [2.24, 2.45) is 0 Å². The Balaban J connectivity index is 1.86. The highest BCUT2D eigenvalue weighted by Crippen LogP contribution is 2.33. The summed E-state index contributed by atoms with van der Waals surface area (Å²) in [5, 5.41) is 0. The molecule has 1 aliphatic rings. The van der Waals surface area contributed by atoms with Gasteiger partial charge in [-0.05, 0) is 66.8 Å². The van der Waals surface area contributed by atoms with Crippen molar-refractivity contribution in [1.82, 2.24) is 0 Å². The van der Waals surface area contributed by atoms with Gasteiger partial charge in [0.1, 0.15) is 0 Å². The average molecular weight is 450 g/mol.